The van der Waals surface area contributed by atoms with E-state index in [9.17, 15) is 4.79 Å². The molecule has 1 rings (SSSR count). The lowest BCUT2D eigenvalue weighted by atomic mass is 10.1. The van der Waals surface area contributed by atoms with Gasteiger partial charge in [-0.3, -0.25) is 4.79 Å². The molecule has 106 valence electrons. The van der Waals surface area contributed by atoms with Gasteiger partial charge in [0.25, 0.3) is 0 Å². The summed E-state index contributed by atoms with van der Waals surface area (Å²) in [5.74, 6) is 0.211. The van der Waals surface area contributed by atoms with Crippen molar-refractivity contribution in [1.82, 2.24) is 5.32 Å². The Morgan fingerprint density at radius 1 is 1.32 bits per heavy atom. The molecule has 0 aliphatic heterocycles. The smallest absolute Gasteiger partial charge is 0.220 e. The molecule has 0 spiro atoms. The van der Waals surface area contributed by atoms with E-state index < -0.39 is 0 Å². The molecule has 1 unspecified atom stereocenters. The number of carbonyl (C=O) groups excluding carboxylic acids is 1. The average molecular weight is 328 g/mol. The van der Waals surface area contributed by atoms with E-state index in [-0.39, 0.29) is 18.4 Å². The molecule has 19 heavy (non-hydrogen) atoms. The van der Waals surface area contributed by atoms with E-state index in [1.807, 2.05) is 19.1 Å². The van der Waals surface area contributed by atoms with Crippen LogP contribution in [0.4, 0.5) is 0 Å². The second-order valence-electron chi connectivity index (χ2n) is 4.93. The first-order valence-corrected chi connectivity index (χ1v) is 7.53. The molecule has 2 N–H and O–H groups in total. The van der Waals surface area contributed by atoms with Crippen LogP contribution in [0.25, 0.3) is 0 Å². The van der Waals surface area contributed by atoms with Gasteiger partial charge < -0.3 is 10.4 Å². The van der Waals surface area contributed by atoms with E-state index in [4.69, 9.17) is 5.11 Å². The van der Waals surface area contributed by atoms with E-state index in [0.29, 0.717) is 13.0 Å². The molecule has 0 radical (unpaired) electrons. The highest BCUT2D eigenvalue weighted by Gasteiger charge is 2.04. The van der Waals surface area contributed by atoms with E-state index in [1.54, 1.807) is 0 Å². The molecule has 4 heteroatoms. The van der Waals surface area contributed by atoms with Gasteiger partial charge in [0.05, 0.1) is 0 Å². The molecule has 1 aromatic rings. The Balaban J connectivity index is 2.10. The first-order chi connectivity index (χ1) is 9.11. The summed E-state index contributed by atoms with van der Waals surface area (Å²) in [5, 5.41) is 11.7. The molecule has 0 aliphatic rings. The zero-order valence-corrected chi connectivity index (χ0v) is 12.9. The maximum Gasteiger partial charge on any atom is 0.220 e. The number of aliphatic hydroxyl groups is 1. The van der Waals surface area contributed by atoms with Gasteiger partial charge in [0.15, 0.2) is 0 Å². The zero-order valence-electron chi connectivity index (χ0n) is 11.4. The minimum absolute atomic E-state index is 0.0797. The minimum atomic E-state index is 0.0797. The summed E-state index contributed by atoms with van der Waals surface area (Å²) in [5.41, 5.74) is 1.30. The zero-order chi connectivity index (χ0) is 14.1. The van der Waals surface area contributed by atoms with Crippen LogP contribution >= 0.6 is 15.9 Å². The Kier molecular flexibility index (Phi) is 7.75. The summed E-state index contributed by atoms with van der Waals surface area (Å²) in [7, 11) is 0. The number of hydrogen-bond acceptors (Lipinski definition) is 2. The summed E-state index contributed by atoms with van der Waals surface area (Å²) in [6, 6.07) is 8.29. The van der Waals surface area contributed by atoms with E-state index >= 15 is 0 Å². The van der Waals surface area contributed by atoms with Gasteiger partial charge in [-0.25, -0.2) is 0 Å². The van der Waals surface area contributed by atoms with Gasteiger partial charge in [0.1, 0.15) is 0 Å². The van der Waals surface area contributed by atoms with Crippen LogP contribution in [0.15, 0.2) is 28.7 Å². The van der Waals surface area contributed by atoms with Crippen LogP contribution < -0.4 is 5.32 Å². The number of unbranched alkanes of at least 4 members (excludes halogenated alkanes) is 1. The van der Waals surface area contributed by atoms with Crippen LogP contribution in [0.1, 0.15) is 31.7 Å². The topological polar surface area (TPSA) is 49.3 Å². The lowest BCUT2D eigenvalue weighted by Crippen LogP contribution is -2.29. The van der Waals surface area contributed by atoms with Gasteiger partial charge in [-0.1, -0.05) is 35.0 Å². The first kappa shape index (κ1) is 16.2. The molecular formula is C15H22BrNO2. The number of benzene rings is 1. The van der Waals surface area contributed by atoms with Crippen molar-refractivity contribution in [3.05, 3.63) is 34.3 Å². The van der Waals surface area contributed by atoms with Gasteiger partial charge in [-0.2, -0.15) is 0 Å². The highest BCUT2D eigenvalue weighted by atomic mass is 79.9. The maximum atomic E-state index is 11.5. The monoisotopic (exact) mass is 327 g/mol. The third kappa shape index (κ3) is 7.33. The van der Waals surface area contributed by atoms with Crippen LogP contribution in [0.2, 0.25) is 0 Å². The number of amides is 1. The number of aryl methyl sites for hydroxylation is 1. The predicted octanol–water partition coefficient (Wildman–Crippen LogP) is 2.91. The maximum absolute atomic E-state index is 11.5. The lowest BCUT2D eigenvalue weighted by Gasteiger charge is -2.09. The number of rotatable bonds is 8. The molecule has 0 saturated carbocycles. The highest BCUT2D eigenvalue weighted by Crippen LogP contribution is 2.12. The van der Waals surface area contributed by atoms with Crippen molar-refractivity contribution in [2.24, 2.45) is 5.92 Å². The van der Waals surface area contributed by atoms with Crippen molar-refractivity contribution in [2.45, 2.75) is 32.6 Å². The van der Waals surface area contributed by atoms with Crippen LogP contribution in [0.5, 0.6) is 0 Å². The van der Waals surface area contributed by atoms with Crippen molar-refractivity contribution >= 4 is 21.8 Å². The highest BCUT2D eigenvalue weighted by molar-refractivity contribution is 9.10. The van der Waals surface area contributed by atoms with Gasteiger partial charge in [0.2, 0.25) is 5.91 Å². The van der Waals surface area contributed by atoms with E-state index in [0.717, 1.165) is 23.7 Å². The normalized spacial score (nSPS) is 12.2. The molecule has 0 aliphatic carbocycles. The number of nitrogens with one attached hydrogen (secondary N) is 1. The van der Waals surface area contributed by atoms with Crippen molar-refractivity contribution in [3.63, 3.8) is 0 Å². The molecule has 1 atom stereocenters. The number of hydrogen-bond donors (Lipinski definition) is 2. The molecule has 1 amide bonds. The quantitative estimate of drug-likeness (QED) is 0.721. The Labute approximate surface area is 123 Å². The molecular weight excluding hydrogens is 306 g/mol. The van der Waals surface area contributed by atoms with Crippen molar-refractivity contribution < 1.29 is 9.90 Å². The molecule has 0 bridgehead atoms. The summed E-state index contributed by atoms with van der Waals surface area (Å²) in [6.07, 6.45) is 3.49. The summed E-state index contributed by atoms with van der Waals surface area (Å²) < 4.78 is 1.09. The fraction of sp³-hybridized carbons (Fsp3) is 0.533. The molecule has 3 nitrogen and oxygen atoms in total. The van der Waals surface area contributed by atoms with E-state index in [2.05, 4.69) is 33.4 Å². The van der Waals surface area contributed by atoms with Crippen molar-refractivity contribution in [3.8, 4) is 0 Å². The van der Waals surface area contributed by atoms with Gasteiger partial charge in [-0.15, -0.1) is 0 Å². The SMILES string of the molecule is CC(CO)CNC(=O)CCCCc1ccc(Br)cc1. The molecule has 0 aromatic heterocycles. The van der Waals surface area contributed by atoms with Gasteiger partial charge in [-0.05, 0) is 42.9 Å². The Morgan fingerprint density at radius 2 is 2.00 bits per heavy atom. The molecule has 0 fully saturated rings. The summed E-state index contributed by atoms with van der Waals surface area (Å²) in [4.78, 5) is 11.5. The lowest BCUT2D eigenvalue weighted by molar-refractivity contribution is -0.121. The third-order valence-electron chi connectivity index (χ3n) is 2.99. The largest absolute Gasteiger partial charge is 0.396 e. The van der Waals surface area contributed by atoms with Crippen molar-refractivity contribution in [1.29, 1.82) is 0 Å². The number of carbonyl (C=O) groups is 1. The number of aliphatic hydroxyl groups excluding tert-OH is 1. The van der Waals surface area contributed by atoms with Crippen LogP contribution in [-0.4, -0.2) is 24.2 Å². The van der Waals surface area contributed by atoms with E-state index in [1.165, 1.54) is 5.56 Å². The Morgan fingerprint density at radius 3 is 2.63 bits per heavy atom. The number of halogens is 1. The van der Waals surface area contributed by atoms with Crippen LogP contribution in [0, 0.1) is 5.92 Å². The van der Waals surface area contributed by atoms with Crippen LogP contribution in [-0.2, 0) is 11.2 Å². The molecule has 0 heterocycles. The summed E-state index contributed by atoms with van der Waals surface area (Å²) >= 11 is 3.41. The fourth-order valence-corrected chi connectivity index (χ4v) is 1.97. The third-order valence-corrected chi connectivity index (χ3v) is 3.52. The van der Waals surface area contributed by atoms with Gasteiger partial charge in [0, 0.05) is 24.0 Å². The Bertz CT molecular complexity index is 378. The molecule has 0 saturated heterocycles. The predicted molar refractivity (Wildman–Crippen MR) is 81.0 cm³/mol. The Hall–Kier alpha value is -0.870. The second kappa shape index (κ2) is 9.10. The fourth-order valence-electron chi connectivity index (χ4n) is 1.71. The van der Waals surface area contributed by atoms with Gasteiger partial charge >= 0.3 is 0 Å². The summed E-state index contributed by atoms with van der Waals surface area (Å²) in [6.45, 7) is 2.58. The minimum Gasteiger partial charge on any atom is -0.396 e. The average Bonchev–Trinajstić information content (AvgIpc) is 2.42. The standard InChI is InChI=1S/C15H22BrNO2/c1-12(11-18)10-17-15(19)5-3-2-4-13-6-8-14(16)9-7-13/h6-9,12,18H,2-5,10-11H2,1H3,(H,17,19). The second-order valence-corrected chi connectivity index (χ2v) is 5.84. The van der Waals surface area contributed by atoms with Crippen molar-refractivity contribution in [2.75, 3.05) is 13.2 Å². The molecule has 1 aromatic carbocycles. The van der Waals surface area contributed by atoms with Crippen LogP contribution in [0.3, 0.4) is 0 Å². The first-order valence-electron chi connectivity index (χ1n) is 6.74.